The summed E-state index contributed by atoms with van der Waals surface area (Å²) in [6.45, 7) is 6.11. The summed E-state index contributed by atoms with van der Waals surface area (Å²) in [6, 6.07) is 32.2. The number of hydrogen-bond donors (Lipinski definition) is 0. The van der Waals surface area contributed by atoms with Crippen molar-refractivity contribution >= 4 is 23.3 Å². The molecule has 220 valence electrons. The number of hydrogen-bond acceptors (Lipinski definition) is 6. The molecule has 43 heavy (non-hydrogen) atoms. The molecule has 5 rings (SSSR count). The van der Waals surface area contributed by atoms with Crippen LogP contribution in [0.1, 0.15) is 48.7 Å². The van der Waals surface area contributed by atoms with Crippen molar-refractivity contribution < 1.29 is 28.6 Å². The Kier molecular flexibility index (Phi) is 8.62. The van der Waals surface area contributed by atoms with E-state index in [2.05, 4.69) is 38.1 Å². The molecule has 4 aromatic carbocycles. The fourth-order valence-corrected chi connectivity index (χ4v) is 5.22. The van der Waals surface area contributed by atoms with E-state index < -0.39 is 18.0 Å². The van der Waals surface area contributed by atoms with Crippen molar-refractivity contribution in [1.82, 2.24) is 0 Å². The van der Waals surface area contributed by atoms with Crippen LogP contribution in [0.3, 0.4) is 0 Å². The van der Waals surface area contributed by atoms with Gasteiger partial charge in [0.1, 0.15) is 17.2 Å². The number of amides is 1. The Labute approximate surface area is 252 Å². The summed E-state index contributed by atoms with van der Waals surface area (Å²) < 4.78 is 16.6. The molecule has 2 atom stereocenters. The quantitative estimate of drug-likeness (QED) is 0.149. The minimum absolute atomic E-state index is 0.0200. The minimum atomic E-state index is -0.972. The lowest BCUT2D eigenvalue weighted by Gasteiger charge is -2.26. The van der Waals surface area contributed by atoms with Crippen LogP contribution < -0.4 is 14.4 Å². The first-order valence-electron chi connectivity index (χ1n) is 14.3. The van der Waals surface area contributed by atoms with Crippen LogP contribution >= 0.6 is 0 Å². The summed E-state index contributed by atoms with van der Waals surface area (Å²) in [5, 5.41) is 0. The molecule has 1 fully saturated rings. The summed E-state index contributed by atoms with van der Waals surface area (Å²) in [5.41, 5.74) is 3.36. The van der Waals surface area contributed by atoms with Gasteiger partial charge in [-0.1, -0.05) is 56.3 Å². The Hall–Kier alpha value is -4.91. The molecule has 0 spiro atoms. The Balaban J connectivity index is 1.17. The van der Waals surface area contributed by atoms with E-state index in [1.807, 2.05) is 30.3 Å². The second kappa shape index (κ2) is 12.5. The maximum absolute atomic E-state index is 12.8. The van der Waals surface area contributed by atoms with E-state index in [1.165, 1.54) is 18.1 Å². The number of benzene rings is 4. The Morgan fingerprint density at radius 2 is 1.35 bits per heavy atom. The number of ether oxygens (including phenoxy) is 3. The van der Waals surface area contributed by atoms with Gasteiger partial charge in [0.25, 0.3) is 0 Å². The molecule has 1 heterocycles. The largest absolute Gasteiger partial charge is 0.497 e. The number of nitrogens with zero attached hydrogens (tertiary/aromatic N) is 1. The lowest BCUT2D eigenvalue weighted by molar-refractivity contribution is -0.151. The Bertz CT molecular complexity index is 1580. The molecule has 0 saturated carbocycles. The van der Waals surface area contributed by atoms with Gasteiger partial charge in [-0.15, -0.1) is 0 Å². The third-order valence-corrected chi connectivity index (χ3v) is 7.95. The van der Waals surface area contributed by atoms with E-state index in [9.17, 15) is 14.4 Å². The molecule has 0 N–H and O–H groups in total. The zero-order valence-corrected chi connectivity index (χ0v) is 24.8. The highest BCUT2D eigenvalue weighted by Gasteiger charge is 2.37. The van der Waals surface area contributed by atoms with Crippen LogP contribution in [0.5, 0.6) is 17.2 Å². The zero-order valence-electron chi connectivity index (χ0n) is 24.8. The smallest absolute Gasteiger partial charge is 0.312 e. The highest BCUT2D eigenvalue weighted by atomic mass is 16.5. The lowest BCUT2D eigenvalue weighted by atomic mass is 9.78. The average Bonchev–Trinajstić information content (AvgIpc) is 3.43. The van der Waals surface area contributed by atoms with E-state index in [0.717, 1.165) is 0 Å². The van der Waals surface area contributed by atoms with Crippen molar-refractivity contribution in [3.63, 3.8) is 0 Å². The predicted octanol–water partition coefficient (Wildman–Crippen LogP) is 6.98. The summed E-state index contributed by atoms with van der Waals surface area (Å²) in [5.74, 6) is 0.245. The van der Waals surface area contributed by atoms with Crippen LogP contribution in [0, 0.1) is 5.92 Å². The monoisotopic (exact) mass is 577 g/mol. The molecule has 0 radical (unpaired) electrons. The zero-order chi connectivity index (χ0) is 30.6. The highest BCUT2D eigenvalue weighted by Crippen LogP contribution is 2.34. The molecular weight excluding hydrogens is 542 g/mol. The maximum Gasteiger partial charge on any atom is 0.312 e. The fraction of sp³-hybridized carbons (Fsp3) is 0.250. The van der Waals surface area contributed by atoms with Gasteiger partial charge >= 0.3 is 5.97 Å². The number of ketones is 1. The van der Waals surface area contributed by atoms with Crippen LogP contribution in [0.15, 0.2) is 103 Å². The molecule has 4 aromatic rings. The van der Waals surface area contributed by atoms with Crippen LogP contribution in [-0.4, -0.2) is 37.4 Å². The summed E-state index contributed by atoms with van der Waals surface area (Å²) >= 11 is 0. The normalized spacial score (nSPS) is 15.6. The first-order valence-corrected chi connectivity index (χ1v) is 14.3. The van der Waals surface area contributed by atoms with Gasteiger partial charge in [-0.3, -0.25) is 14.4 Å². The number of anilines is 1. The minimum Gasteiger partial charge on any atom is -0.497 e. The van der Waals surface area contributed by atoms with Crippen molar-refractivity contribution in [2.75, 3.05) is 18.6 Å². The second-order valence-electron chi connectivity index (χ2n) is 11.2. The molecule has 0 aliphatic carbocycles. The standard InChI is InChI=1S/C36H35NO6/c1-24(34(39)25-10-16-30(41-4)17-11-25)42-35(40)26-22-33(38)37(23-26)29-14-20-32(21-15-29)43-31-18-12-28(13-19-31)36(2,3)27-8-6-5-7-9-27/h5-21,24,26H,22-23H2,1-4H3/t24-,26-/m0/s1. The van der Waals surface area contributed by atoms with Gasteiger partial charge < -0.3 is 19.1 Å². The lowest BCUT2D eigenvalue weighted by Crippen LogP contribution is -2.30. The van der Waals surface area contributed by atoms with E-state index in [0.29, 0.717) is 28.5 Å². The molecule has 7 nitrogen and oxygen atoms in total. The SMILES string of the molecule is COc1ccc(C(=O)[C@H](C)OC(=O)[C@H]2CC(=O)N(c3ccc(Oc4ccc(C(C)(C)c5ccccc5)cc4)cc3)C2)cc1. The van der Waals surface area contributed by atoms with Gasteiger partial charge in [0, 0.05) is 29.6 Å². The van der Waals surface area contributed by atoms with E-state index in [4.69, 9.17) is 14.2 Å². The third kappa shape index (κ3) is 6.61. The Morgan fingerprint density at radius 3 is 1.95 bits per heavy atom. The molecule has 0 aromatic heterocycles. The average molecular weight is 578 g/mol. The van der Waals surface area contributed by atoms with Gasteiger partial charge in [-0.2, -0.15) is 0 Å². The highest BCUT2D eigenvalue weighted by molar-refractivity contribution is 6.02. The topological polar surface area (TPSA) is 82.1 Å². The molecule has 1 aliphatic rings. The number of Topliss-reactive ketones (excluding diaryl/α,β-unsaturated/α-hetero) is 1. The van der Waals surface area contributed by atoms with Gasteiger partial charge in [-0.05, 0) is 78.7 Å². The first-order chi connectivity index (χ1) is 20.7. The molecule has 0 bridgehead atoms. The van der Waals surface area contributed by atoms with Crippen LogP contribution in [0.4, 0.5) is 5.69 Å². The van der Waals surface area contributed by atoms with Gasteiger partial charge in [0.05, 0.1) is 13.0 Å². The number of rotatable bonds is 10. The van der Waals surface area contributed by atoms with Crippen molar-refractivity contribution in [3.8, 4) is 17.2 Å². The fourth-order valence-electron chi connectivity index (χ4n) is 5.22. The number of methoxy groups -OCH3 is 1. The molecule has 7 heteroatoms. The van der Waals surface area contributed by atoms with Crippen LogP contribution in [-0.2, 0) is 19.7 Å². The summed E-state index contributed by atoms with van der Waals surface area (Å²) in [6.07, 6.45) is -0.952. The van der Waals surface area contributed by atoms with Crippen molar-refractivity contribution in [3.05, 3.63) is 120 Å². The molecular formula is C36H35NO6. The van der Waals surface area contributed by atoms with E-state index in [-0.39, 0.29) is 30.1 Å². The van der Waals surface area contributed by atoms with Crippen molar-refractivity contribution in [2.24, 2.45) is 5.92 Å². The van der Waals surface area contributed by atoms with Crippen LogP contribution in [0.2, 0.25) is 0 Å². The molecule has 0 unspecified atom stereocenters. The summed E-state index contributed by atoms with van der Waals surface area (Å²) in [4.78, 5) is 39.9. The van der Waals surface area contributed by atoms with E-state index in [1.54, 1.807) is 60.5 Å². The van der Waals surface area contributed by atoms with Gasteiger partial charge in [0.2, 0.25) is 11.7 Å². The first kappa shape index (κ1) is 29.6. The number of carbonyl (C=O) groups is 3. The molecule has 1 aliphatic heterocycles. The van der Waals surface area contributed by atoms with E-state index >= 15 is 0 Å². The predicted molar refractivity (Wildman–Crippen MR) is 165 cm³/mol. The van der Waals surface area contributed by atoms with Crippen molar-refractivity contribution in [1.29, 1.82) is 0 Å². The van der Waals surface area contributed by atoms with Crippen LogP contribution in [0.25, 0.3) is 0 Å². The molecule has 1 saturated heterocycles. The van der Waals surface area contributed by atoms with Crippen molar-refractivity contribution in [2.45, 2.75) is 38.7 Å². The van der Waals surface area contributed by atoms with Gasteiger partial charge in [-0.25, -0.2) is 0 Å². The second-order valence-corrected chi connectivity index (χ2v) is 11.2. The Morgan fingerprint density at radius 1 is 0.791 bits per heavy atom. The summed E-state index contributed by atoms with van der Waals surface area (Å²) in [7, 11) is 1.54. The number of esters is 1. The molecule has 1 amide bonds. The number of carbonyl (C=O) groups excluding carboxylic acids is 3. The maximum atomic E-state index is 12.8. The third-order valence-electron chi connectivity index (χ3n) is 7.95. The van der Waals surface area contributed by atoms with Gasteiger partial charge in [0.15, 0.2) is 6.10 Å².